The summed E-state index contributed by atoms with van der Waals surface area (Å²) in [7, 11) is 0. The molecule has 0 aliphatic heterocycles. The third kappa shape index (κ3) is 2.32. The quantitative estimate of drug-likeness (QED) is 0.786. The zero-order valence-electron chi connectivity index (χ0n) is 6.78. The van der Waals surface area contributed by atoms with Crippen molar-refractivity contribution in [2.75, 3.05) is 0 Å². The molecule has 0 fully saturated rings. The normalized spacial score (nSPS) is 10.2. The van der Waals surface area contributed by atoms with Crippen molar-refractivity contribution in [1.82, 2.24) is 0 Å². The van der Waals surface area contributed by atoms with E-state index in [4.69, 9.17) is 10.2 Å². The fourth-order valence-corrected chi connectivity index (χ4v) is 0.846. The molecule has 0 atom stereocenters. The third-order valence-electron chi connectivity index (χ3n) is 1.42. The predicted octanol–water partition coefficient (Wildman–Crippen LogP) is 1.69. The second-order valence-electron chi connectivity index (χ2n) is 2.37. The number of carbonyl (C=O) groups is 1. The molecular formula is C8H6F2O4. The molecule has 0 amide bonds. The van der Waals surface area contributed by atoms with E-state index in [1.54, 1.807) is 0 Å². The Balaban J connectivity index is 2.95. The molecule has 0 unspecified atom stereocenters. The van der Waals surface area contributed by atoms with Crippen LogP contribution in [0.3, 0.4) is 0 Å². The number of hydrogen-bond donors (Lipinski definition) is 2. The number of halogens is 2. The van der Waals surface area contributed by atoms with Crippen molar-refractivity contribution in [3.63, 3.8) is 0 Å². The van der Waals surface area contributed by atoms with Crippen LogP contribution in [0.1, 0.15) is 10.4 Å². The van der Waals surface area contributed by atoms with Crippen molar-refractivity contribution < 1.29 is 28.5 Å². The number of aromatic carboxylic acids is 1. The molecule has 2 N–H and O–H groups in total. The van der Waals surface area contributed by atoms with E-state index in [9.17, 15) is 13.6 Å². The van der Waals surface area contributed by atoms with Crippen molar-refractivity contribution in [3.8, 4) is 11.5 Å². The van der Waals surface area contributed by atoms with Crippen molar-refractivity contribution in [2.45, 2.75) is 6.61 Å². The Morgan fingerprint density at radius 2 is 2.07 bits per heavy atom. The summed E-state index contributed by atoms with van der Waals surface area (Å²) in [6.45, 7) is -3.06. The molecule has 0 aromatic heterocycles. The number of rotatable bonds is 3. The number of benzene rings is 1. The van der Waals surface area contributed by atoms with E-state index in [2.05, 4.69) is 4.74 Å². The van der Waals surface area contributed by atoms with Crippen LogP contribution in [0.2, 0.25) is 0 Å². The summed E-state index contributed by atoms with van der Waals surface area (Å²) in [5.41, 5.74) is -0.205. The number of phenolic OH excluding ortho intramolecular Hbond substituents is 1. The summed E-state index contributed by atoms with van der Waals surface area (Å²) in [5.74, 6) is -2.35. The first kappa shape index (κ1) is 10.2. The van der Waals surface area contributed by atoms with Crippen LogP contribution < -0.4 is 4.74 Å². The van der Waals surface area contributed by atoms with Crippen molar-refractivity contribution >= 4 is 5.97 Å². The first-order chi connectivity index (χ1) is 6.50. The van der Waals surface area contributed by atoms with Crippen LogP contribution in [0.15, 0.2) is 18.2 Å². The monoisotopic (exact) mass is 204 g/mol. The highest BCUT2D eigenvalue weighted by Crippen LogP contribution is 2.28. The van der Waals surface area contributed by atoms with Crippen molar-refractivity contribution in [2.24, 2.45) is 0 Å². The maximum absolute atomic E-state index is 11.7. The van der Waals surface area contributed by atoms with Crippen LogP contribution >= 0.6 is 0 Å². The zero-order valence-corrected chi connectivity index (χ0v) is 6.78. The second kappa shape index (κ2) is 3.91. The molecule has 0 radical (unpaired) electrons. The Bertz CT molecular complexity index is 351. The lowest BCUT2D eigenvalue weighted by atomic mass is 10.2. The zero-order chi connectivity index (χ0) is 10.7. The van der Waals surface area contributed by atoms with Gasteiger partial charge in [-0.05, 0) is 18.2 Å². The topological polar surface area (TPSA) is 66.8 Å². The molecule has 14 heavy (non-hydrogen) atoms. The van der Waals surface area contributed by atoms with Gasteiger partial charge in [0.05, 0.1) is 5.56 Å². The van der Waals surface area contributed by atoms with Crippen LogP contribution in [0, 0.1) is 0 Å². The summed E-state index contributed by atoms with van der Waals surface area (Å²) >= 11 is 0. The van der Waals surface area contributed by atoms with Gasteiger partial charge in [-0.3, -0.25) is 0 Å². The van der Waals surface area contributed by atoms with Gasteiger partial charge in [-0.1, -0.05) is 0 Å². The van der Waals surface area contributed by atoms with Gasteiger partial charge in [0.2, 0.25) is 0 Å². The van der Waals surface area contributed by atoms with Gasteiger partial charge in [-0.25, -0.2) is 4.79 Å². The minimum absolute atomic E-state index is 0.205. The molecule has 6 heteroatoms. The molecule has 0 aliphatic carbocycles. The molecule has 4 nitrogen and oxygen atoms in total. The fraction of sp³-hybridized carbons (Fsp3) is 0.125. The molecule has 0 saturated carbocycles. The van der Waals surface area contributed by atoms with Crippen LogP contribution in [0.4, 0.5) is 8.78 Å². The first-order valence-electron chi connectivity index (χ1n) is 3.52. The highest BCUT2D eigenvalue weighted by atomic mass is 19.3. The van der Waals surface area contributed by atoms with E-state index in [0.717, 1.165) is 18.2 Å². The molecule has 0 aliphatic rings. The number of alkyl halides is 2. The Morgan fingerprint density at radius 1 is 1.43 bits per heavy atom. The Kier molecular flexibility index (Phi) is 2.85. The number of phenols is 1. The molecule has 76 valence electrons. The van der Waals surface area contributed by atoms with Gasteiger partial charge in [0.1, 0.15) is 0 Å². The lowest BCUT2D eigenvalue weighted by molar-refractivity contribution is -0.0512. The number of carboxylic acid groups (broad SMARTS) is 1. The van der Waals surface area contributed by atoms with Crippen LogP contribution in [0.25, 0.3) is 0 Å². The Labute approximate surface area is 77.4 Å². The van der Waals surface area contributed by atoms with Gasteiger partial charge < -0.3 is 14.9 Å². The smallest absolute Gasteiger partial charge is 0.387 e. The lowest BCUT2D eigenvalue weighted by Crippen LogP contribution is -2.03. The fourth-order valence-electron chi connectivity index (χ4n) is 0.846. The molecule has 0 spiro atoms. The number of ether oxygens (including phenoxy) is 1. The summed E-state index contributed by atoms with van der Waals surface area (Å²) in [6, 6.07) is 2.85. The van der Waals surface area contributed by atoms with E-state index in [1.807, 2.05) is 0 Å². The highest BCUT2D eigenvalue weighted by Gasteiger charge is 2.11. The minimum atomic E-state index is -3.06. The van der Waals surface area contributed by atoms with Gasteiger partial charge >= 0.3 is 12.6 Å². The van der Waals surface area contributed by atoms with Gasteiger partial charge in [0.25, 0.3) is 0 Å². The van der Waals surface area contributed by atoms with E-state index in [0.29, 0.717) is 0 Å². The third-order valence-corrected chi connectivity index (χ3v) is 1.42. The van der Waals surface area contributed by atoms with Crippen LogP contribution in [0.5, 0.6) is 11.5 Å². The molecular weight excluding hydrogens is 198 g/mol. The summed E-state index contributed by atoms with van der Waals surface area (Å²) in [4.78, 5) is 10.4. The lowest BCUT2D eigenvalue weighted by Gasteiger charge is -2.06. The maximum atomic E-state index is 11.7. The molecule has 1 aromatic rings. The summed E-state index contributed by atoms with van der Waals surface area (Å²) in [5, 5.41) is 17.5. The summed E-state index contributed by atoms with van der Waals surface area (Å²) < 4.78 is 27.3. The Morgan fingerprint density at radius 3 is 2.50 bits per heavy atom. The number of hydrogen-bond acceptors (Lipinski definition) is 3. The molecule has 1 aromatic carbocycles. The van der Waals surface area contributed by atoms with Gasteiger partial charge in [-0.15, -0.1) is 0 Å². The van der Waals surface area contributed by atoms with E-state index in [-0.39, 0.29) is 5.56 Å². The van der Waals surface area contributed by atoms with Crippen LogP contribution in [-0.2, 0) is 0 Å². The first-order valence-corrected chi connectivity index (χ1v) is 3.52. The highest BCUT2D eigenvalue weighted by molar-refractivity contribution is 5.88. The van der Waals surface area contributed by atoms with Crippen molar-refractivity contribution in [1.29, 1.82) is 0 Å². The standard InChI is InChI=1S/C8H6F2O4/c9-8(10)14-6-2-1-4(7(12)13)3-5(6)11/h1-3,8,11H,(H,12,13). The average molecular weight is 204 g/mol. The van der Waals surface area contributed by atoms with Crippen molar-refractivity contribution in [3.05, 3.63) is 23.8 Å². The second-order valence-corrected chi connectivity index (χ2v) is 2.37. The predicted molar refractivity (Wildman–Crippen MR) is 41.7 cm³/mol. The van der Waals surface area contributed by atoms with E-state index < -0.39 is 24.1 Å². The largest absolute Gasteiger partial charge is 0.504 e. The maximum Gasteiger partial charge on any atom is 0.387 e. The molecule has 0 saturated heterocycles. The van der Waals surface area contributed by atoms with Gasteiger partial charge in [0, 0.05) is 0 Å². The average Bonchev–Trinajstić information content (AvgIpc) is 2.07. The Hall–Kier alpha value is -1.85. The molecule has 1 rings (SSSR count). The van der Waals surface area contributed by atoms with E-state index >= 15 is 0 Å². The number of carboxylic acids is 1. The van der Waals surface area contributed by atoms with Crippen LogP contribution in [-0.4, -0.2) is 22.8 Å². The molecule has 0 heterocycles. The summed E-state index contributed by atoms with van der Waals surface area (Å²) in [6.07, 6.45) is 0. The molecule has 0 bridgehead atoms. The number of aromatic hydroxyl groups is 1. The SMILES string of the molecule is O=C(O)c1ccc(OC(F)F)c(O)c1. The van der Waals surface area contributed by atoms with Gasteiger partial charge in [0.15, 0.2) is 11.5 Å². The minimum Gasteiger partial charge on any atom is -0.504 e. The van der Waals surface area contributed by atoms with E-state index in [1.165, 1.54) is 0 Å². The van der Waals surface area contributed by atoms with Gasteiger partial charge in [-0.2, -0.15) is 8.78 Å².